The lowest BCUT2D eigenvalue weighted by Gasteiger charge is -2.28. The third-order valence-corrected chi connectivity index (χ3v) is 3.61. The molecule has 0 saturated carbocycles. The molecule has 0 aliphatic carbocycles. The third kappa shape index (κ3) is 2.70. The summed E-state index contributed by atoms with van der Waals surface area (Å²) in [5.74, 6) is -0.211. The van der Waals surface area contributed by atoms with Crippen molar-refractivity contribution in [2.24, 2.45) is 0 Å². The molecule has 0 bridgehead atoms. The molecule has 0 aromatic heterocycles. The lowest BCUT2D eigenvalue weighted by atomic mass is 9.89. The molecule has 0 amide bonds. The van der Waals surface area contributed by atoms with E-state index in [2.05, 4.69) is 5.32 Å². The van der Waals surface area contributed by atoms with Gasteiger partial charge in [0, 0.05) is 12.1 Å². The van der Waals surface area contributed by atoms with Gasteiger partial charge in [0.05, 0.1) is 6.04 Å². The van der Waals surface area contributed by atoms with Gasteiger partial charge in [-0.2, -0.15) is 0 Å². The highest BCUT2D eigenvalue weighted by atomic mass is 35.5. The fourth-order valence-corrected chi connectivity index (χ4v) is 2.63. The standard InChI is InChI=1S/C15H15NO4.ClH/c17-9-1-2-12(18)11(6-9)15-10-7-14(20)13(19)5-8(10)3-4-16-15;/h1-2,5-7,15-20H,3-4H2;1H. The number of fused-ring (bicyclic) bond motifs is 1. The summed E-state index contributed by atoms with van der Waals surface area (Å²) in [7, 11) is 0. The highest BCUT2D eigenvalue weighted by Crippen LogP contribution is 2.39. The number of benzene rings is 2. The maximum absolute atomic E-state index is 9.97. The van der Waals surface area contributed by atoms with E-state index in [0.29, 0.717) is 12.1 Å². The second kappa shape index (κ2) is 5.71. The number of phenolic OH excluding ortho intramolecular Hbond substituents is 4. The van der Waals surface area contributed by atoms with Gasteiger partial charge in [-0.3, -0.25) is 0 Å². The van der Waals surface area contributed by atoms with E-state index in [0.717, 1.165) is 17.5 Å². The van der Waals surface area contributed by atoms with Crippen LogP contribution in [0.3, 0.4) is 0 Å². The monoisotopic (exact) mass is 309 g/mol. The van der Waals surface area contributed by atoms with E-state index in [4.69, 9.17) is 0 Å². The molecule has 2 aromatic rings. The summed E-state index contributed by atoms with van der Waals surface area (Å²) in [6, 6.07) is 7.03. The maximum atomic E-state index is 9.97. The average molecular weight is 310 g/mol. The lowest BCUT2D eigenvalue weighted by Crippen LogP contribution is -2.30. The van der Waals surface area contributed by atoms with Crippen molar-refractivity contribution in [3.63, 3.8) is 0 Å². The van der Waals surface area contributed by atoms with E-state index >= 15 is 0 Å². The van der Waals surface area contributed by atoms with E-state index in [1.54, 1.807) is 6.07 Å². The first-order chi connectivity index (χ1) is 9.56. The van der Waals surface area contributed by atoms with E-state index in [9.17, 15) is 20.4 Å². The number of hydrogen-bond acceptors (Lipinski definition) is 5. The molecule has 1 aliphatic heterocycles. The van der Waals surface area contributed by atoms with E-state index in [-0.39, 0.29) is 41.4 Å². The normalized spacial score (nSPS) is 16.9. The molecule has 2 aromatic carbocycles. The van der Waals surface area contributed by atoms with Crippen LogP contribution in [0.1, 0.15) is 22.7 Å². The Balaban J connectivity index is 0.00000161. The molecule has 1 atom stereocenters. The van der Waals surface area contributed by atoms with Gasteiger partial charge in [0.25, 0.3) is 0 Å². The largest absolute Gasteiger partial charge is 0.508 e. The zero-order valence-corrected chi connectivity index (χ0v) is 11.9. The van der Waals surface area contributed by atoms with Crippen LogP contribution in [0.4, 0.5) is 0 Å². The molecule has 0 fully saturated rings. The van der Waals surface area contributed by atoms with Crippen LogP contribution < -0.4 is 5.32 Å². The molecule has 0 radical (unpaired) electrons. The number of nitrogens with one attached hydrogen (secondary N) is 1. The molecule has 1 unspecified atom stereocenters. The molecular formula is C15H16ClNO4. The first-order valence-electron chi connectivity index (χ1n) is 6.36. The van der Waals surface area contributed by atoms with Crippen molar-refractivity contribution >= 4 is 12.4 Å². The van der Waals surface area contributed by atoms with Crippen molar-refractivity contribution in [2.75, 3.05) is 6.54 Å². The molecule has 112 valence electrons. The van der Waals surface area contributed by atoms with Gasteiger partial charge in [0.2, 0.25) is 0 Å². The molecule has 6 heteroatoms. The number of halogens is 1. The van der Waals surface area contributed by atoms with Gasteiger partial charge in [0.15, 0.2) is 11.5 Å². The predicted molar refractivity (Wildman–Crippen MR) is 80.3 cm³/mol. The summed E-state index contributed by atoms with van der Waals surface area (Å²) in [6.07, 6.45) is 0.721. The molecule has 0 saturated heterocycles. The van der Waals surface area contributed by atoms with Crippen LogP contribution in [0.15, 0.2) is 30.3 Å². The number of phenols is 4. The maximum Gasteiger partial charge on any atom is 0.157 e. The molecule has 3 rings (SSSR count). The fraction of sp³-hybridized carbons (Fsp3) is 0.200. The zero-order chi connectivity index (χ0) is 14.3. The zero-order valence-electron chi connectivity index (χ0n) is 11.1. The van der Waals surface area contributed by atoms with Crippen LogP contribution in [0.2, 0.25) is 0 Å². The van der Waals surface area contributed by atoms with Crippen molar-refractivity contribution in [1.29, 1.82) is 0 Å². The highest BCUT2D eigenvalue weighted by Gasteiger charge is 2.25. The summed E-state index contributed by atoms with van der Waals surface area (Å²) in [6.45, 7) is 0.678. The molecule has 5 N–H and O–H groups in total. The van der Waals surface area contributed by atoms with Crippen LogP contribution in [0.5, 0.6) is 23.0 Å². The van der Waals surface area contributed by atoms with Crippen molar-refractivity contribution in [3.8, 4) is 23.0 Å². The van der Waals surface area contributed by atoms with E-state index in [1.165, 1.54) is 24.3 Å². The van der Waals surface area contributed by atoms with Crippen LogP contribution in [-0.4, -0.2) is 27.0 Å². The third-order valence-electron chi connectivity index (χ3n) is 3.61. The molecule has 1 aliphatic rings. The van der Waals surface area contributed by atoms with Crippen molar-refractivity contribution < 1.29 is 20.4 Å². The minimum Gasteiger partial charge on any atom is -0.508 e. The Kier molecular flexibility index (Phi) is 4.16. The Bertz CT molecular complexity index is 675. The molecule has 5 nitrogen and oxygen atoms in total. The Morgan fingerprint density at radius 2 is 1.57 bits per heavy atom. The Morgan fingerprint density at radius 1 is 0.857 bits per heavy atom. The Hall–Kier alpha value is -2.11. The summed E-state index contributed by atoms with van der Waals surface area (Å²) in [4.78, 5) is 0. The molecule has 1 heterocycles. The number of aromatic hydroxyl groups is 4. The minimum atomic E-state index is -0.336. The summed E-state index contributed by atoms with van der Waals surface area (Å²) < 4.78 is 0. The topological polar surface area (TPSA) is 93.0 Å². The van der Waals surface area contributed by atoms with Crippen LogP contribution in [0.25, 0.3) is 0 Å². The molecular weight excluding hydrogens is 294 g/mol. The molecule has 21 heavy (non-hydrogen) atoms. The second-order valence-electron chi connectivity index (χ2n) is 4.92. The number of hydrogen-bond donors (Lipinski definition) is 5. The predicted octanol–water partition coefficient (Wildman–Crippen LogP) is 2.17. The van der Waals surface area contributed by atoms with Crippen molar-refractivity contribution in [3.05, 3.63) is 47.0 Å². The van der Waals surface area contributed by atoms with Gasteiger partial charge in [-0.1, -0.05) is 0 Å². The highest BCUT2D eigenvalue weighted by molar-refractivity contribution is 5.85. The van der Waals surface area contributed by atoms with Gasteiger partial charge in [-0.15, -0.1) is 12.4 Å². The SMILES string of the molecule is Cl.Oc1ccc(O)c(C2NCCc3cc(O)c(O)cc32)c1. The number of rotatable bonds is 1. The minimum absolute atomic E-state index is 0. The summed E-state index contributed by atoms with van der Waals surface area (Å²) in [5, 5.41) is 42.0. The van der Waals surface area contributed by atoms with Crippen molar-refractivity contribution in [1.82, 2.24) is 5.32 Å². The quantitative estimate of drug-likeness (QED) is 0.411. The second-order valence-corrected chi connectivity index (χ2v) is 4.92. The van der Waals surface area contributed by atoms with Crippen LogP contribution in [-0.2, 0) is 6.42 Å². The van der Waals surface area contributed by atoms with Crippen LogP contribution >= 0.6 is 12.4 Å². The summed E-state index contributed by atoms with van der Waals surface area (Å²) >= 11 is 0. The summed E-state index contributed by atoms with van der Waals surface area (Å²) in [5.41, 5.74) is 2.23. The fourth-order valence-electron chi connectivity index (χ4n) is 2.63. The van der Waals surface area contributed by atoms with Gasteiger partial charge in [-0.25, -0.2) is 0 Å². The van der Waals surface area contributed by atoms with Gasteiger partial charge < -0.3 is 25.7 Å². The Labute approximate surface area is 127 Å². The molecule has 0 spiro atoms. The first kappa shape index (κ1) is 15.3. The lowest BCUT2D eigenvalue weighted by molar-refractivity contribution is 0.399. The smallest absolute Gasteiger partial charge is 0.157 e. The van der Waals surface area contributed by atoms with Gasteiger partial charge >= 0.3 is 0 Å². The Morgan fingerprint density at radius 3 is 2.33 bits per heavy atom. The average Bonchev–Trinajstić information content (AvgIpc) is 2.42. The van der Waals surface area contributed by atoms with Gasteiger partial charge in [0.1, 0.15) is 11.5 Å². The van der Waals surface area contributed by atoms with E-state index in [1.807, 2.05) is 0 Å². The van der Waals surface area contributed by atoms with Crippen LogP contribution in [0, 0.1) is 0 Å². The van der Waals surface area contributed by atoms with Gasteiger partial charge in [-0.05, 0) is 47.9 Å². The van der Waals surface area contributed by atoms with Crippen molar-refractivity contribution in [2.45, 2.75) is 12.5 Å². The van der Waals surface area contributed by atoms with E-state index < -0.39 is 0 Å². The first-order valence-corrected chi connectivity index (χ1v) is 6.36.